The Morgan fingerprint density at radius 2 is 1.94 bits per heavy atom. The number of anilines is 1. The maximum Gasteiger partial charge on any atom is 0.412 e. The fourth-order valence-electron chi connectivity index (χ4n) is 3.24. The van der Waals surface area contributed by atoms with E-state index in [1.807, 2.05) is 6.92 Å². The molecule has 0 aliphatic carbocycles. The molecule has 2 aromatic rings. The monoisotopic (exact) mass is 433 g/mol. The molecule has 3 N–H and O–H groups in total. The molecule has 0 fully saturated rings. The van der Waals surface area contributed by atoms with Gasteiger partial charge in [-0.25, -0.2) is 4.79 Å². The van der Waals surface area contributed by atoms with Crippen LogP contribution in [0, 0.1) is 0 Å². The minimum Gasteiger partial charge on any atom is -0.491 e. The fraction of sp³-hybridized carbons (Fsp3) is 0.409. The number of carbonyl (C=O) groups is 1. The summed E-state index contributed by atoms with van der Waals surface area (Å²) in [5.74, 6) is 1.59. The number of para-hydroxylation sites is 1. The number of aliphatic hydroxyl groups is 2. The molecule has 2 aromatic carbocycles. The molecule has 3 rings (SSSR count). The van der Waals surface area contributed by atoms with Crippen molar-refractivity contribution in [2.75, 3.05) is 38.5 Å². The largest absolute Gasteiger partial charge is 0.491 e. The first kappa shape index (κ1) is 22.7. The second-order valence-electron chi connectivity index (χ2n) is 6.63. The van der Waals surface area contributed by atoms with Gasteiger partial charge in [0.1, 0.15) is 18.5 Å². The lowest BCUT2D eigenvalue weighted by molar-refractivity contribution is -0.0493. The molecule has 1 aliphatic rings. The quantitative estimate of drug-likeness (QED) is 0.496. The van der Waals surface area contributed by atoms with Crippen LogP contribution in [-0.2, 0) is 9.47 Å². The average molecular weight is 433 g/mol. The van der Waals surface area contributed by atoms with Crippen molar-refractivity contribution in [1.29, 1.82) is 0 Å². The molecule has 0 spiro atoms. The van der Waals surface area contributed by atoms with E-state index in [9.17, 15) is 9.90 Å². The molecular formula is C22H27NO8. The Balaban J connectivity index is 1.81. The summed E-state index contributed by atoms with van der Waals surface area (Å²) >= 11 is 0. The van der Waals surface area contributed by atoms with Crippen molar-refractivity contribution in [3.63, 3.8) is 0 Å². The molecule has 2 atom stereocenters. The maximum atomic E-state index is 12.7. The molecule has 31 heavy (non-hydrogen) atoms. The zero-order valence-electron chi connectivity index (χ0n) is 17.3. The van der Waals surface area contributed by atoms with Crippen LogP contribution < -0.4 is 19.5 Å². The van der Waals surface area contributed by atoms with Crippen LogP contribution in [0.5, 0.6) is 17.2 Å². The Morgan fingerprint density at radius 3 is 2.71 bits per heavy atom. The van der Waals surface area contributed by atoms with E-state index in [1.165, 1.54) is 0 Å². The number of nitrogens with one attached hydrogen (secondary N) is 1. The minimum absolute atomic E-state index is 0.0897. The normalized spacial score (nSPS) is 14.0. The first-order chi connectivity index (χ1) is 15.2. The van der Waals surface area contributed by atoms with E-state index in [1.54, 1.807) is 42.5 Å². The lowest BCUT2D eigenvalue weighted by Gasteiger charge is -2.28. The van der Waals surface area contributed by atoms with Crippen molar-refractivity contribution >= 4 is 11.8 Å². The zero-order chi connectivity index (χ0) is 22.1. The van der Waals surface area contributed by atoms with E-state index >= 15 is 0 Å². The lowest BCUT2D eigenvalue weighted by atomic mass is 10.0. The van der Waals surface area contributed by atoms with Crippen LogP contribution in [0.3, 0.4) is 0 Å². The Hall–Kier alpha value is -3.01. The van der Waals surface area contributed by atoms with Gasteiger partial charge in [-0.2, -0.15) is 0 Å². The van der Waals surface area contributed by atoms with Gasteiger partial charge < -0.3 is 33.9 Å². The van der Waals surface area contributed by atoms with Gasteiger partial charge in [0.2, 0.25) is 6.79 Å². The SMILES string of the molecule is CCO[C@@H](CCO)[C@@H](OC(=O)Nc1ccc2c(c1)OCO2)c1ccccc1OCCO. The third-order valence-electron chi connectivity index (χ3n) is 4.56. The highest BCUT2D eigenvalue weighted by Crippen LogP contribution is 2.35. The number of rotatable bonds is 11. The van der Waals surface area contributed by atoms with E-state index in [2.05, 4.69) is 5.32 Å². The van der Waals surface area contributed by atoms with Gasteiger partial charge in [0.05, 0.1) is 6.61 Å². The highest BCUT2D eigenvalue weighted by atomic mass is 16.7. The van der Waals surface area contributed by atoms with Gasteiger partial charge >= 0.3 is 6.09 Å². The molecule has 0 unspecified atom stereocenters. The van der Waals surface area contributed by atoms with E-state index in [-0.39, 0.29) is 33.0 Å². The number of benzene rings is 2. The van der Waals surface area contributed by atoms with Gasteiger partial charge in [0.25, 0.3) is 0 Å². The lowest BCUT2D eigenvalue weighted by Crippen LogP contribution is -2.30. The third-order valence-corrected chi connectivity index (χ3v) is 4.56. The number of aliphatic hydroxyl groups excluding tert-OH is 2. The molecule has 0 saturated carbocycles. The predicted octanol–water partition coefficient (Wildman–Crippen LogP) is 2.86. The third kappa shape index (κ3) is 6.00. The maximum absolute atomic E-state index is 12.7. The molecular weight excluding hydrogens is 406 g/mol. The number of carbonyl (C=O) groups excluding carboxylic acids is 1. The summed E-state index contributed by atoms with van der Waals surface area (Å²) in [6.45, 7) is 2.11. The first-order valence-electron chi connectivity index (χ1n) is 10.1. The van der Waals surface area contributed by atoms with E-state index in [0.29, 0.717) is 35.1 Å². The standard InChI is InChI=1S/C22H27NO8/c1-2-27-19(9-10-24)21(16-5-3-4-6-17(16)28-12-11-25)31-22(26)23-15-7-8-18-20(13-15)30-14-29-18/h3-8,13,19,21,24-25H,2,9-12,14H2,1H3,(H,23,26)/t19-,21-/m0/s1. The smallest absolute Gasteiger partial charge is 0.412 e. The number of hydrogen-bond acceptors (Lipinski definition) is 8. The van der Waals surface area contributed by atoms with Crippen LogP contribution in [0.4, 0.5) is 10.5 Å². The van der Waals surface area contributed by atoms with Gasteiger partial charge in [0.15, 0.2) is 17.6 Å². The van der Waals surface area contributed by atoms with E-state index in [4.69, 9.17) is 28.8 Å². The molecule has 0 saturated heterocycles. The van der Waals surface area contributed by atoms with Crippen molar-refractivity contribution in [3.05, 3.63) is 48.0 Å². The van der Waals surface area contributed by atoms with Crippen LogP contribution in [-0.4, -0.2) is 55.6 Å². The van der Waals surface area contributed by atoms with Gasteiger partial charge in [-0.1, -0.05) is 18.2 Å². The van der Waals surface area contributed by atoms with Crippen LogP contribution in [0.25, 0.3) is 0 Å². The molecule has 1 heterocycles. The van der Waals surface area contributed by atoms with Crippen LogP contribution in [0.2, 0.25) is 0 Å². The Morgan fingerprint density at radius 1 is 1.13 bits per heavy atom. The summed E-state index contributed by atoms with van der Waals surface area (Å²) in [5.41, 5.74) is 1.05. The summed E-state index contributed by atoms with van der Waals surface area (Å²) < 4.78 is 27.7. The van der Waals surface area contributed by atoms with Gasteiger partial charge in [-0.05, 0) is 25.1 Å². The van der Waals surface area contributed by atoms with Crippen molar-refractivity contribution in [1.82, 2.24) is 0 Å². The van der Waals surface area contributed by atoms with Crippen molar-refractivity contribution in [2.24, 2.45) is 0 Å². The topological polar surface area (TPSA) is 116 Å². The van der Waals surface area contributed by atoms with Crippen molar-refractivity contribution in [2.45, 2.75) is 25.6 Å². The molecule has 9 heteroatoms. The van der Waals surface area contributed by atoms with Crippen LogP contribution in [0.1, 0.15) is 25.0 Å². The second-order valence-corrected chi connectivity index (χ2v) is 6.63. The number of amides is 1. The van der Waals surface area contributed by atoms with E-state index in [0.717, 1.165) is 0 Å². The van der Waals surface area contributed by atoms with Crippen molar-refractivity contribution < 1.29 is 38.7 Å². The summed E-state index contributed by atoms with van der Waals surface area (Å²) in [6, 6.07) is 12.1. The van der Waals surface area contributed by atoms with Gasteiger partial charge in [-0.15, -0.1) is 0 Å². The number of ether oxygens (including phenoxy) is 5. The van der Waals surface area contributed by atoms with E-state index < -0.39 is 18.3 Å². The minimum atomic E-state index is -0.851. The van der Waals surface area contributed by atoms with Crippen LogP contribution >= 0.6 is 0 Å². The molecule has 9 nitrogen and oxygen atoms in total. The summed E-state index contributed by atoms with van der Waals surface area (Å²) in [6.07, 6.45) is -1.90. The predicted molar refractivity (Wildman–Crippen MR) is 112 cm³/mol. The summed E-state index contributed by atoms with van der Waals surface area (Å²) in [7, 11) is 0. The van der Waals surface area contributed by atoms with Crippen molar-refractivity contribution in [3.8, 4) is 17.2 Å². The number of fused-ring (bicyclic) bond motifs is 1. The average Bonchev–Trinajstić information content (AvgIpc) is 3.24. The highest BCUT2D eigenvalue weighted by Gasteiger charge is 2.30. The molecule has 0 bridgehead atoms. The Bertz CT molecular complexity index is 853. The Labute approximate surface area is 180 Å². The summed E-state index contributed by atoms with van der Waals surface area (Å²) in [5, 5.41) is 21.3. The van der Waals surface area contributed by atoms with Gasteiger partial charge in [-0.3, -0.25) is 5.32 Å². The first-order valence-corrected chi connectivity index (χ1v) is 10.1. The fourth-order valence-corrected chi connectivity index (χ4v) is 3.24. The molecule has 1 amide bonds. The molecule has 0 aromatic heterocycles. The highest BCUT2D eigenvalue weighted by molar-refractivity contribution is 5.85. The molecule has 1 aliphatic heterocycles. The zero-order valence-corrected chi connectivity index (χ0v) is 17.3. The number of hydrogen-bond donors (Lipinski definition) is 3. The second kappa shape index (κ2) is 11.4. The molecule has 168 valence electrons. The molecule has 0 radical (unpaired) electrons. The van der Waals surface area contributed by atoms with Crippen LogP contribution in [0.15, 0.2) is 42.5 Å². The Kier molecular flexibility index (Phi) is 8.34. The summed E-state index contributed by atoms with van der Waals surface area (Å²) in [4.78, 5) is 12.7. The van der Waals surface area contributed by atoms with Gasteiger partial charge in [0, 0.05) is 37.0 Å².